The molecule has 1 heterocycles. The van der Waals surface area contributed by atoms with Crippen molar-refractivity contribution in [2.45, 2.75) is 32.7 Å². The van der Waals surface area contributed by atoms with Crippen molar-refractivity contribution in [1.29, 1.82) is 0 Å². The Hall–Kier alpha value is -0.450. The van der Waals surface area contributed by atoms with Crippen LogP contribution in [0, 0.1) is 5.92 Å². The predicted octanol–water partition coefficient (Wildman–Crippen LogP) is 2.17. The molecular weight excluding hydrogens is 206 g/mol. The fourth-order valence-electron chi connectivity index (χ4n) is 1.42. The first kappa shape index (κ1) is 12.6. The lowest BCUT2D eigenvalue weighted by Gasteiger charge is -2.12. The van der Waals surface area contributed by atoms with Crippen LogP contribution in [0.3, 0.4) is 0 Å². The quantitative estimate of drug-likeness (QED) is 0.702. The van der Waals surface area contributed by atoms with Crippen LogP contribution >= 0.6 is 11.3 Å². The van der Waals surface area contributed by atoms with E-state index in [9.17, 15) is 0 Å². The molecule has 3 nitrogen and oxygen atoms in total. The van der Waals surface area contributed by atoms with Gasteiger partial charge in [0.2, 0.25) is 0 Å². The third kappa shape index (κ3) is 4.73. The lowest BCUT2D eigenvalue weighted by Crippen LogP contribution is -2.21. The summed E-state index contributed by atoms with van der Waals surface area (Å²) in [6, 6.07) is 0.373. The molecule has 2 atom stereocenters. The molecule has 0 radical (unpaired) electrons. The molecule has 3 N–H and O–H groups in total. The molecule has 0 aliphatic carbocycles. The Morgan fingerprint density at radius 3 is 2.93 bits per heavy atom. The van der Waals surface area contributed by atoms with Crippen molar-refractivity contribution in [1.82, 2.24) is 10.3 Å². The van der Waals surface area contributed by atoms with E-state index in [1.807, 2.05) is 11.6 Å². The first-order valence-corrected chi connectivity index (χ1v) is 6.44. The van der Waals surface area contributed by atoms with Gasteiger partial charge in [-0.05, 0) is 38.8 Å². The Bertz CT molecular complexity index is 248. The van der Waals surface area contributed by atoms with E-state index in [-0.39, 0.29) is 0 Å². The van der Waals surface area contributed by atoms with Crippen LogP contribution in [-0.4, -0.2) is 18.1 Å². The molecule has 0 saturated heterocycles. The number of nitrogens with one attached hydrogen (secondary N) is 1. The SMILES string of the molecule is CC(CN)CCCNC(C)c1nccs1. The summed E-state index contributed by atoms with van der Waals surface area (Å²) in [7, 11) is 0. The predicted molar refractivity (Wildman–Crippen MR) is 66.0 cm³/mol. The summed E-state index contributed by atoms with van der Waals surface area (Å²) in [5.41, 5.74) is 5.56. The van der Waals surface area contributed by atoms with E-state index in [1.54, 1.807) is 11.3 Å². The third-order valence-electron chi connectivity index (χ3n) is 2.55. The molecule has 1 aromatic rings. The van der Waals surface area contributed by atoms with Crippen LogP contribution in [0.2, 0.25) is 0 Å². The summed E-state index contributed by atoms with van der Waals surface area (Å²) >= 11 is 1.71. The lowest BCUT2D eigenvalue weighted by atomic mass is 10.1. The highest BCUT2D eigenvalue weighted by Gasteiger charge is 2.06. The summed E-state index contributed by atoms with van der Waals surface area (Å²) in [6.45, 7) is 6.20. The number of hydrogen-bond acceptors (Lipinski definition) is 4. The summed E-state index contributed by atoms with van der Waals surface area (Å²) in [5, 5.41) is 6.66. The highest BCUT2D eigenvalue weighted by molar-refractivity contribution is 7.09. The van der Waals surface area contributed by atoms with Crippen molar-refractivity contribution in [3.8, 4) is 0 Å². The number of nitrogens with two attached hydrogens (primary N) is 1. The molecule has 0 aromatic carbocycles. The van der Waals surface area contributed by atoms with E-state index < -0.39 is 0 Å². The maximum atomic E-state index is 5.56. The summed E-state index contributed by atoms with van der Waals surface area (Å²) in [5.74, 6) is 0.641. The number of thiazole rings is 1. The Morgan fingerprint density at radius 2 is 2.33 bits per heavy atom. The van der Waals surface area contributed by atoms with Gasteiger partial charge in [-0.15, -0.1) is 11.3 Å². The molecule has 1 aromatic heterocycles. The Morgan fingerprint density at radius 1 is 1.53 bits per heavy atom. The van der Waals surface area contributed by atoms with Gasteiger partial charge < -0.3 is 11.1 Å². The molecule has 2 unspecified atom stereocenters. The Kier molecular flexibility index (Phi) is 5.83. The second kappa shape index (κ2) is 6.93. The minimum absolute atomic E-state index is 0.373. The summed E-state index contributed by atoms with van der Waals surface area (Å²) in [4.78, 5) is 4.28. The van der Waals surface area contributed by atoms with E-state index in [2.05, 4.69) is 24.1 Å². The molecule has 0 amide bonds. The van der Waals surface area contributed by atoms with Crippen LogP contribution in [0.4, 0.5) is 0 Å². The van der Waals surface area contributed by atoms with Gasteiger partial charge in [0.25, 0.3) is 0 Å². The van der Waals surface area contributed by atoms with Crippen molar-refractivity contribution in [2.75, 3.05) is 13.1 Å². The van der Waals surface area contributed by atoms with E-state index in [1.165, 1.54) is 17.8 Å². The van der Waals surface area contributed by atoms with Gasteiger partial charge in [-0.2, -0.15) is 0 Å². The van der Waals surface area contributed by atoms with Gasteiger partial charge in [0.1, 0.15) is 5.01 Å². The van der Waals surface area contributed by atoms with Gasteiger partial charge in [0.15, 0.2) is 0 Å². The van der Waals surface area contributed by atoms with E-state index in [0.717, 1.165) is 13.1 Å². The first-order chi connectivity index (χ1) is 7.24. The van der Waals surface area contributed by atoms with Gasteiger partial charge >= 0.3 is 0 Å². The van der Waals surface area contributed by atoms with Crippen molar-refractivity contribution in [2.24, 2.45) is 11.7 Å². The van der Waals surface area contributed by atoms with Crippen LogP contribution in [-0.2, 0) is 0 Å². The van der Waals surface area contributed by atoms with Crippen molar-refractivity contribution in [3.63, 3.8) is 0 Å². The van der Waals surface area contributed by atoms with Gasteiger partial charge in [-0.25, -0.2) is 4.98 Å². The van der Waals surface area contributed by atoms with Crippen molar-refractivity contribution >= 4 is 11.3 Å². The molecule has 0 fully saturated rings. The monoisotopic (exact) mass is 227 g/mol. The van der Waals surface area contributed by atoms with Crippen LogP contribution in [0.1, 0.15) is 37.7 Å². The average Bonchev–Trinajstić information content (AvgIpc) is 2.77. The van der Waals surface area contributed by atoms with Crippen LogP contribution < -0.4 is 11.1 Å². The average molecular weight is 227 g/mol. The minimum atomic E-state index is 0.373. The van der Waals surface area contributed by atoms with Gasteiger partial charge in [0.05, 0.1) is 6.04 Å². The first-order valence-electron chi connectivity index (χ1n) is 5.57. The molecular formula is C11H21N3S. The molecule has 4 heteroatoms. The maximum Gasteiger partial charge on any atom is 0.109 e. The topological polar surface area (TPSA) is 50.9 Å². The lowest BCUT2D eigenvalue weighted by molar-refractivity contribution is 0.479. The molecule has 0 saturated carbocycles. The maximum absolute atomic E-state index is 5.56. The number of rotatable bonds is 7. The van der Waals surface area contributed by atoms with Gasteiger partial charge in [-0.3, -0.25) is 0 Å². The zero-order valence-electron chi connectivity index (χ0n) is 9.57. The largest absolute Gasteiger partial charge is 0.330 e. The van der Waals surface area contributed by atoms with Gasteiger partial charge in [0, 0.05) is 11.6 Å². The minimum Gasteiger partial charge on any atom is -0.330 e. The van der Waals surface area contributed by atoms with Gasteiger partial charge in [-0.1, -0.05) is 6.92 Å². The number of nitrogens with zero attached hydrogens (tertiary/aromatic N) is 1. The zero-order chi connectivity index (χ0) is 11.1. The second-order valence-corrected chi connectivity index (χ2v) is 4.96. The number of hydrogen-bond donors (Lipinski definition) is 2. The molecule has 1 rings (SSSR count). The highest BCUT2D eigenvalue weighted by Crippen LogP contribution is 2.14. The third-order valence-corrected chi connectivity index (χ3v) is 3.51. The zero-order valence-corrected chi connectivity index (χ0v) is 10.4. The van der Waals surface area contributed by atoms with Crippen molar-refractivity contribution < 1.29 is 0 Å². The van der Waals surface area contributed by atoms with Crippen LogP contribution in [0.25, 0.3) is 0 Å². The molecule has 0 bridgehead atoms. The van der Waals surface area contributed by atoms with E-state index in [0.29, 0.717) is 12.0 Å². The van der Waals surface area contributed by atoms with Crippen LogP contribution in [0.5, 0.6) is 0 Å². The fraction of sp³-hybridized carbons (Fsp3) is 0.727. The molecule has 0 aliphatic rings. The van der Waals surface area contributed by atoms with E-state index >= 15 is 0 Å². The smallest absolute Gasteiger partial charge is 0.109 e. The fourth-order valence-corrected chi connectivity index (χ4v) is 2.09. The molecule has 0 spiro atoms. The highest BCUT2D eigenvalue weighted by atomic mass is 32.1. The van der Waals surface area contributed by atoms with Crippen molar-refractivity contribution in [3.05, 3.63) is 16.6 Å². The van der Waals surface area contributed by atoms with Crippen LogP contribution in [0.15, 0.2) is 11.6 Å². The summed E-state index contributed by atoms with van der Waals surface area (Å²) < 4.78 is 0. The normalized spacial score (nSPS) is 15.1. The number of aromatic nitrogens is 1. The Labute approximate surface area is 96.1 Å². The second-order valence-electron chi connectivity index (χ2n) is 4.03. The molecule has 0 aliphatic heterocycles. The summed E-state index contributed by atoms with van der Waals surface area (Å²) in [6.07, 6.45) is 4.25. The standard InChI is InChI=1S/C11H21N3S/c1-9(8-12)4-3-5-13-10(2)11-14-6-7-15-11/h6-7,9-10,13H,3-5,8,12H2,1-2H3. The molecule has 15 heavy (non-hydrogen) atoms. The molecule has 86 valence electrons. The van der Waals surface area contributed by atoms with E-state index in [4.69, 9.17) is 5.73 Å². The Balaban J connectivity index is 2.10.